The summed E-state index contributed by atoms with van der Waals surface area (Å²) < 4.78 is 36.1. The summed E-state index contributed by atoms with van der Waals surface area (Å²) in [5.41, 5.74) is 0.392. The number of nitrogens with one attached hydrogen (secondary N) is 1. The lowest BCUT2D eigenvalue weighted by molar-refractivity contribution is -0.141. The number of carbonyl (C=O) groups excluding carboxylic acids is 1. The lowest BCUT2D eigenvalue weighted by Gasteiger charge is -2.20. The first-order chi connectivity index (χ1) is 10.3. The van der Waals surface area contributed by atoms with Crippen molar-refractivity contribution in [2.24, 2.45) is 0 Å². The van der Waals surface area contributed by atoms with Gasteiger partial charge in [-0.3, -0.25) is 4.79 Å². The van der Waals surface area contributed by atoms with Crippen molar-refractivity contribution in [1.82, 2.24) is 5.32 Å². The standard InChI is InChI=1S/C15H20FNO5S/c1-9-7-10(5-6-11(9)16)13(14(19)20)17-12(18)8-23(21,22)15(2,3)4/h5-7,13H,8H2,1-4H3,(H,17,18)(H,19,20). The average molecular weight is 345 g/mol. The number of halogens is 1. The molecule has 0 saturated heterocycles. The number of hydrogen-bond acceptors (Lipinski definition) is 4. The van der Waals surface area contributed by atoms with Gasteiger partial charge in [-0.2, -0.15) is 0 Å². The molecule has 0 heterocycles. The summed E-state index contributed by atoms with van der Waals surface area (Å²) in [4.78, 5) is 23.3. The van der Waals surface area contributed by atoms with E-state index < -0.39 is 44.1 Å². The van der Waals surface area contributed by atoms with Crippen LogP contribution in [0.5, 0.6) is 0 Å². The third kappa shape index (κ3) is 4.75. The average Bonchev–Trinajstić information content (AvgIpc) is 2.37. The van der Waals surface area contributed by atoms with Crippen molar-refractivity contribution in [2.45, 2.75) is 38.5 Å². The molecule has 0 radical (unpaired) electrons. The number of carboxylic acid groups (broad SMARTS) is 1. The number of aliphatic carboxylic acids is 1. The van der Waals surface area contributed by atoms with Crippen molar-refractivity contribution in [3.63, 3.8) is 0 Å². The lowest BCUT2D eigenvalue weighted by atomic mass is 10.0. The molecule has 0 bridgehead atoms. The van der Waals surface area contributed by atoms with Crippen LogP contribution in [0.15, 0.2) is 18.2 Å². The van der Waals surface area contributed by atoms with Crippen LogP contribution in [-0.2, 0) is 19.4 Å². The Morgan fingerprint density at radius 1 is 1.30 bits per heavy atom. The van der Waals surface area contributed by atoms with Crippen LogP contribution in [0.3, 0.4) is 0 Å². The fourth-order valence-electron chi connectivity index (χ4n) is 1.73. The Hall–Kier alpha value is -1.96. The van der Waals surface area contributed by atoms with Gasteiger partial charge in [0.05, 0.1) is 4.75 Å². The van der Waals surface area contributed by atoms with Crippen molar-refractivity contribution in [1.29, 1.82) is 0 Å². The predicted octanol–water partition coefficient (Wildman–Crippen LogP) is 1.59. The van der Waals surface area contributed by atoms with E-state index in [1.807, 2.05) is 0 Å². The second kappa shape index (κ2) is 6.66. The predicted molar refractivity (Wildman–Crippen MR) is 83.2 cm³/mol. The zero-order chi connectivity index (χ0) is 18.0. The van der Waals surface area contributed by atoms with Crippen LogP contribution in [0.4, 0.5) is 4.39 Å². The Bertz CT molecular complexity index is 722. The number of rotatable bonds is 5. The molecule has 1 aromatic carbocycles. The van der Waals surface area contributed by atoms with E-state index in [1.54, 1.807) is 0 Å². The van der Waals surface area contributed by atoms with Gasteiger partial charge in [-0.15, -0.1) is 0 Å². The maximum atomic E-state index is 13.3. The van der Waals surface area contributed by atoms with Gasteiger partial charge in [0.25, 0.3) is 0 Å². The van der Waals surface area contributed by atoms with Gasteiger partial charge in [0.15, 0.2) is 15.9 Å². The fraction of sp³-hybridized carbons (Fsp3) is 0.467. The highest BCUT2D eigenvalue weighted by Crippen LogP contribution is 2.19. The summed E-state index contributed by atoms with van der Waals surface area (Å²) in [5, 5.41) is 11.4. The number of carboxylic acids is 1. The third-order valence-electron chi connectivity index (χ3n) is 3.32. The van der Waals surface area contributed by atoms with E-state index in [4.69, 9.17) is 0 Å². The largest absolute Gasteiger partial charge is 0.479 e. The molecule has 1 rings (SSSR count). The van der Waals surface area contributed by atoms with Crippen LogP contribution in [0, 0.1) is 12.7 Å². The van der Waals surface area contributed by atoms with Crippen LogP contribution in [0.1, 0.15) is 37.9 Å². The summed E-state index contributed by atoms with van der Waals surface area (Å²) in [6.45, 7) is 5.82. The summed E-state index contributed by atoms with van der Waals surface area (Å²) in [6.07, 6.45) is 0. The van der Waals surface area contributed by atoms with Crippen molar-refractivity contribution in [3.8, 4) is 0 Å². The summed E-state index contributed by atoms with van der Waals surface area (Å²) >= 11 is 0. The molecule has 0 aliphatic heterocycles. The van der Waals surface area contributed by atoms with Crippen LogP contribution in [0.25, 0.3) is 0 Å². The molecule has 0 aromatic heterocycles. The Labute approximate surface area is 134 Å². The molecule has 23 heavy (non-hydrogen) atoms. The van der Waals surface area contributed by atoms with E-state index in [0.717, 1.165) is 6.07 Å². The van der Waals surface area contributed by atoms with Gasteiger partial charge >= 0.3 is 5.97 Å². The summed E-state index contributed by atoms with van der Waals surface area (Å²) in [6, 6.07) is 2.18. The van der Waals surface area contributed by atoms with Gasteiger partial charge in [0.2, 0.25) is 5.91 Å². The Morgan fingerprint density at radius 3 is 2.30 bits per heavy atom. The molecule has 0 aliphatic rings. The highest BCUT2D eigenvalue weighted by Gasteiger charge is 2.33. The van der Waals surface area contributed by atoms with E-state index in [-0.39, 0.29) is 11.1 Å². The summed E-state index contributed by atoms with van der Waals surface area (Å²) in [7, 11) is -3.73. The van der Waals surface area contributed by atoms with Gasteiger partial charge in [0.1, 0.15) is 11.6 Å². The molecule has 0 spiro atoms. The van der Waals surface area contributed by atoms with Crippen molar-refractivity contribution < 1.29 is 27.5 Å². The normalized spacial score (nSPS) is 13.4. The van der Waals surface area contributed by atoms with Crippen LogP contribution >= 0.6 is 0 Å². The molecule has 128 valence electrons. The molecule has 8 heteroatoms. The van der Waals surface area contributed by atoms with E-state index in [1.165, 1.54) is 39.8 Å². The summed E-state index contributed by atoms with van der Waals surface area (Å²) in [5.74, 6) is -3.60. The Balaban J connectivity index is 2.99. The van der Waals surface area contributed by atoms with Crippen molar-refractivity contribution in [3.05, 3.63) is 35.1 Å². The third-order valence-corrected chi connectivity index (χ3v) is 5.83. The number of sulfone groups is 1. The molecule has 0 fully saturated rings. The van der Waals surface area contributed by atoms with Crippen LogP contribution < -0.4 is 5.32 Å². The van der Waals surface area contributed by atoms with E-state index >= 15 is 0 Å². The first-order valence-corrected chi connectivity index (χ1v) is 8.51. The first kappa shape index (κ1) is 19.1. The molecule has 1 aromatic rings. The molecule has 2 N–H and O–H groups in total. The number of amides is 1. The zero-order valence-electron chi connectivity index (χ0n) is 13.4. The van der Waals surface area contributed by atoms with E-state index in [9.17, 15) is 27.5 Å². The molecule has 6 nitrogen and oxygen atoms in total. The molecule has 0 aliphatic carbocycles. The molecular formula is C15H20FNO5S. The number of hydrogen-bond donors (Lipinski definition) is 2. The van der Waals surface area contributed by atoms with Crippen LogP contribution in [-0.4, -0.2) is 35.9 Å². The quantitative estimate of drug-likeness (QED) is 0.844. The van der Waals surface area contributed by atoms with Gasteiger partial charge in [0, 0.05) is 0 Å². The maximum absolute atomic E-state index is 13.3. The molecule has 1 atom stereocenters. The minimum Gasteiger partial charge on any atom is -0.479 e. The first-order valence-electron chi connectivity index (χ1n) is 6.85. The van der Waals surface area contributed by atoms with E-state index in [0.29, 0.717) is 0 Å². The number of benzene rings is 1. The molecular weight excluding hydrogens is 325 g/mol. The van der Waals surface area contributed by atoms with Crippen molar-refractivity contribution >= 4 is 21.7 Å². The van der Waals surface area contributed by atoms with Gasteiger partial charge in [-0.05, 0) is 44.9 Å². The molecule has 1 amide bonds. The second-order valence-electron chi connectivity index (χ2n) is 6.22. The minimum atomic E-state index is -3.73. The number of carbonyl (C=O) groups is 2. The molecule has 1 unspecified atom stereocenters. The zero-order valence-corrected chi connectivity index (χ0v) is 14.2. The Kier molecular flexibility index (Phi) is 5.52. The lowest BCUT2D eigenvalue weighted by Crippen LogP contribution is -2.41. The monoisotopic (exact) mass is 345 g/mol. The topological polar surface area (TPSA) is 101 Å². The highest BCUT2D eigenvalue weighted by atomic mass is 32.2. The van der Waals surface area contributed by atoms with Crippen molar-refractivity contribution in [2.75, 3.05) is 5.75 Å². The smallest absolute Gasteiger partial charge is 0.330 e. The minimum absolute atomic E-state index is 0.165. The second-order valence-corrected chi connectivity index (χ2v) is 8.96. The number of aryl methyl sites for hydroxylation is 1. The SMILES string of the molecule is Cc1cc(C(NC(=O)CS(=O)(=O)C(C)(C)C)C(=O)O)ccc1F. The fourth-order valence-corrected chi connectivity index (χ4v) is 2.59. The van der Waals surface area contributed by atoms with Gasteiger partial charge in [-0.25, -0.2) is 17.6 Å². The Morgan fingerprint density at radius 2 is 1.87 bits per heavy atom. The highest BCUT2D eigenvalue weighted by molar-refractivity contribution is 7.93. The van der Waals surface area contributed by atoms with E-state index in [2.05, 4.69) is 5.32 Å². The van der Waals surface area contributed by atoms with Crippen LogP contribution in [0.2, 0.25) is 0 Å². The molecule has 0 saturated carbocycles. The van der Waals surface area contributed by atoms with Gasteiger partial charge < -0.3 is 10.4 Å². The maximum Gasteiger partial charge on any atom is 0.330 e. The van der Waals surface area contributed by atoms with Gasteiger partial charge in [-0.1, -0.05) is 12.1 Å².